The Hall–Kier alpha value is -1.88. The summed E-state index contributed by atoms with van der Waals surface area (Å²) in [4.78, 5) is 2.36. The number of hydrogen-bond acceptors (Lipinski definition) is 4. The molecule has 22 heavy (non-hydrogen) atoms. The zero-order chi connectivity index (χ0) is 15.0. The van der Waals surface area contributed by atoms with E-state index in [0.717, 1.165) is 50.2 Å². The normalized spacial score (nSPS) is 20.1. The van der Waals surface area contributed by atoms with E-state index in [1.165, 1.54) is 12.8 Å². The smallest absolute Gasteiger partial charge is 0.227 e. The molecule has 1 aromatic heterocycles. The highest BCUT2D eigenvalue weighted by molar-refractivity contribution is 5.57. The Balaban J connectivity index is 1.68. The van der Waals surface area contributed by atoms with E-state index < -0.39 is 0 Å². The maximum atomic E-state index is 5.79. The molecule has 0 atom stereocenters. The van der Waals surface area contributed by atoms with Gasteiger partial charge in [-0.3, -0.25) is 4.57 Å². The highest BCUT2D eigenvalue weighted by Crippen LogP contribution is 2.47. The number of ether oxygens (including phenoxy) is 1. The molecule has 2 fully saturated rings. The van der Waals surface area contributed by atoms with Gasteiger partial charge in [0, 0.05) is 30.6 Å². The SMILES string of the molecule is CCn1c(-c2ccccc2)nnc1N1CCOCC2(CC2)C1. The Kier molecular flexibility index (Phi) is 3.37. The van der Waals surface area contributed by atoms with Gasteiger partial charge in [-0.15, -0.1) is 10.2 Å². The zero-order valence-corrected chi connectivity index (χ0v) is 13.0. The minimum absolute atomic E-state index is 0.369. The van der Waals surface area contributed by atoms with E-state index in [0.29, 0.717) is 5.41 Å². The predicted octanol–water partition coefficient (Wildman–Crippen LogP) is 2.58. The van der Waals surface area contributed by atoms with Crippen LogP contribution in [-0.4, -0.2) is 41.1 Å². The van der Waals surface area contributed by atoms with Crippen LogP contribution < -0.4 is 4.90 Å². The van der Waals surface area contributed by atoms with E-state index in [1.807, 2.05) is 18.2 Å². The van der Waals surface area contributed by atoms with Gasteiger partial charge in [0.25, 0.3) is 0 Å². The Bertz CT molecular complexity index is 648. The molecule has 1 aromatic carbocycles. The van der Waals surface area contributed by atoms with Crippen LogP contribution >= 0.6 is 0 Å². The minimum Gasteiger partial charge on any atom is -0.379 e. The maximum absolute atomic E-state index is 5.79. The fourth-order valence-corrected chi connectivity index (χ4v) is 3.26. The van der Waals surface area contributed by atoms with Gasteiger partial charge >= 0.3 is 0 Å². The van der Waals surface area contributed by atoms with Crippen LogP contribution in [0.25, 0.3) is 11.4 Å². The average molecular weight is 298 g/mol. The van der Waals surface area contributed by atoms with E-state index in [-0.39, 0.29) is 0 Å². The van der Waals surface area contributed by atoms with Crippen LogP contribution in [0.5, 0.6) is 0 Å². The molecule has 2 aromatic rings. The fraction of sp³-hybridized carbons (Fsp3) is 0.529. The van der Waals surface area contributed by atoms with E-state index in [1.54, 1.807) is 0 Å². The molecule has 116 valence electrons. The summed E-state index contributed by atoms with van der Waals surface area (Å²) in [6, 6.07) is 10.3. The third-order valence-corrected chi connectivity index (χ3v) is 4.76. The molecule has 2 aliphatic rings. The highest BCUT2D eigenvalue weighted by atomic mass is 16.5. The van der Waals surface area contributed by atoms with Crippen LogP contribution in [0.3, 0.4) is 0 Å². The highest BCUT2D eigenvalue weighted by Gasteiger charge is 2.46. The molecule has 1 aliphatic carbocycles. The molecule has 0 N–H and O–H groups in total. The van der Waals surface area contributed by atoms with Gasteiger partial charge in [-0.2, -0.15) is 0 Å². The van der Waals surface area contributed by atoms with Crippen LogP contribution in [0.1, 0.15) is 19.8 Å². The maximum Gasteiger partial charge on any atom is 0.227 e. The van der Waals surface area contributed by atoms with Gasteiger partial charge in [0.05, 0.1) is 13.2 Å². The van der Waals surface area contributed by atoms with E-state index >= 15 is 0 Å². The van der Waals surface area contributed by atoms with Crippen molar-refractivity contribution in [3.8, 4) is 11.4 Å². The molecule has 5 heteroatoms. The Morgan fingerprint density at radius 3 is 2.73 bits per heavy atom. The zero-order valence-electron chi connectivity index (χ0n) is 13.0. The molecule has 1 aliphatic heterocycles. The predicted molar refractivity (Wildman–Crippen MR) is 85.8 cm³/mol. The second kappa shape index (κ2) is 5.39. The van der Waals surface area contributed by atoms with Crippen LogP contribution in [-0.2, 0) is 11.3 Å². The van der Waals surface area contributed by atoms with E-state index in [2.05, 4.69) is 38.7 Å². The third kappa shape index (κ3) is 2.39. The number of hydrogen-bond donors (Lipinski definition) is 0. The minimum atomic E-state index is 0.369. The number of rotatable bonds is 3. The largest absolute Gasteiger partial charge is 0.379 e. The van der Waals surface area contributed by atoms with Crippen LogP contribution in [0.4, 0.5) is 5.95 Å². The summed E-state index contributed by atoms with van der Waals surface area (Å²) in [5.74, 6) is 1.94. The van der Waals surface area contributed by atoms with Gasteiger partial charge in [0.2, 0.25) is 5.95 Å². The van der Waals surface area contributed by atoms with Crippen LogP contribution in [0, 0.1) is 5.41 Å². The molecule has 0 unspecified atom stereocenters. The van der Waals surface area contributed by atoms with Crippen LogP contribution in [0.15, 0.2) is 30.3 Å². The molecular formula is C17H22N4O. The Labute approximate surface area is 130 Å². The summed E-state index contributed by atoms with van der Waals surface area (Å²) in [5.41, 5.74) is 1.49. The summed E-state index contributed by atoms with van der Waals surface area (Å²) in [7, 11) is 0. The van der Waals surface area contributed by atoms with Crippen molar-refractivity contribution in [3.63, 3.8) is 0 Å². The Morgan fingerprint density at radius 2 is 2.00 bits per heavy atom. The van der Waals surface area contributed by atoms with Gasteiger partial charge in [0.15, 0.2) is 5.82 Å². The molecule has 2 heterocycles. The van der Waals surface area contributed by atoms with Crippen molar-refractivity contribution in [3.05, 3.63) is 30.3 Å². The van der Waals surface area contributed by atoms with E-state index in [4.69, 9.17) is 4.74 Å². The van der Waals surface area contributed by atoms with Crippen molar-refractivity contribution in [1.29, 1.82) is 0 Å². The lowest BCUT2D eigenvalue weighted by atomic mass is 10.1. The summed E-state index contributed by atoms with van der Waals surface area (Å²) in [6.07, 6.45) is 2.55. The van der Waals surface area contributed by atoms with Gasteiger partial charge in [-0.05, 0) is 19.8 Å². The van der Waals surface area contributed by atoms with Crippen molar-refractivity contribution in [2.75, 3.05) is 31.2 Å². The molecular weight excluding hydrogens is 276 g/mol. The second-order valence-corrected chi connectivity index (χ2v) is 6.41. The lowest BCUT2D eigenvalue weighted by molar-refractivity contribution is 0.116. The first kappa shape index (κ1) is 13.8. The first-order valence-electron chi connectivity index (χ1n) is 8.13. The monoisotopic (exact) mass is 298 g/mol. The van der Waals surface area contributed by atoms with Gasteiger partial charge in [-0.25, -0.2) is 0 Å². The van der Waals surface area contributed by atoms with Crippen molar-refractivity contribution in [2.24, 2.45) is 5.41 Å². The number of aromatic nitrogens is 3. The standard InChI is InChI=1S/C17H22N4O/c1-2-21-15(14-6-4-3-5-7-14)18-19-16(21)20-10-11-22-13-17(12-20)8-9-17/h3-7H,2,8-13H2,1H3. The number of anilines is 1. The number of benzene rings is 1. The third-order valence-electron chi connectivity index (χ3n) is 4.76. The first-order valence-corrected chi connectivity index (χ1v) is 8.13. The summed E-state index contributed by atoms with van der Waals surface area (Å²) in [6.45, 7) is 6.64. The summed E-state index contributed by atoms with van der Waals surface area (Å²) < 4.78 is 8.01. The first-order chi connectivity index (χ1) is 10.8. The quantitative estimate of drug-likeness (QED) is 0.873. The molecule has 5 nitrogen and oxygen atoms in total. The molecule has 0 amide bonds. The van der Waals surface area contributed by atoms with E-state index in [9.17, 15) is 0 Å². The molecule has 0 radical (unpaired) electrons. The summed E-state index contributed by atoms with van der Waals surface area (Å²) in [5, 5.41) is 8.97. The summed E-state index contributed by atoms with van der Waals surface area (Å²) >= 11 is 0. The van der Waals surface area contributed by atoms with Gasteiger partial charge < -0.3 is 9.64 Å². The molecule has 1 spiro atoms. The van der Waals surface area contributed by atoms with Crippen molar-refractivity contribution >= 4 is 5.95 Å². The lowest BCUT2D eigenvalue weighted by Crippen LogP contribution is -2.33. The Morgan fingerprint density at radius 1 is 1.18 bits per heavy atom. The lowest BCUT2D eigenvalue weighted by Gasteiger charge is -2.24. The van der Waals surface area contributed by atoms with Crippen molar-refractivity contribution in [1.82, 2.24) is 14.8 Å². The molecule has 1 saturated heterocycles. The average Bonchev–Trinajstić information content (AvgIpc) is 3.25. The van der Waals surface area contributed by atoms with Gasteiger partial charge in [0.1, 0.15) is 0 Å². The van der Waals surface area contributed by atoms with Crippen molar-refractivity contribution in [2.45, 2.75) is 26.3 Å². The molecule has 4 rings (SSSR count). The molecule has 0 bridgehead atoms. The van der Waals surface area contributed by atoms with Gasteiger partial charge in [-0.1, -0.05) is 30.3 Å². The fourth-order valence-electron chi connectivity index (χ4n) is 3.26. The van der Waals surface area contributed by atoms with Crippen molar-refractivity contribution < 1.29 is 4.74 Å². The number of nitrogens with zero attached hydrogens (tertiary/aromatic N) is 4. The molecule has 1 saturated carbocycles. The van der Waals surface area contributed by atoms with Crippen LogP contribution in [0.2, 0.25) is 0 Å². The topological polar surface area (TPSA) is 43.2 Å². The second-order valence-electron chi connectivity index (χ2n) is 6.41.